The highest BCUT2D eigenvalue weighted by Crippen LogP contribution is 2.27. The number of hydrogen-bond acceptors (Lipinski definition) is 4. The lowest BCUT2D eigenvalue weighted by Crippen LogP contribution is -2.20. The van der Waals surface area contributed by atoms with Crippen molar-refractivity contribution in [3.05, 3.63) is 15.8 Å². The summed E-state index contributed by atoms with van der Waals surface area (Å²) in [6, 6.07) is 1.30. The van der Waals surface area contributed by atoms with E-state index in [4.69, 9.17) is 0 Å². The second-order valence-corrected chi connectivity index (χ2v) is 6.15. The summed E-state index contributed by atoms with van der Waals surface area (Å²) in [4.78, 5) is 0.922. The minimum Gasteiger partial charge on any atom is -0.257 e. The number of thiophene rings is 1. The quantitative estimate of drug-likeness (QED) is 0.796. The van der Waals surface area contributed by atoms with Gasteiger partial charge in [-0.15, -0.1) is 11.3 Å². The van der Waals surface area contributed by atoms with Gasteiger partial charge in [0.25, 0.3) is 10.1 Å². The van der Waals surface area contributed by atoms with Gasteiger partial charge in [-0.3, -0.25) is 4.18 Å². The van der Waals surface area contributed by atoms with E-state index in [2.05, 4.69) is 4.18 Å². The van der Waals surface area contributed by atoms with Gasteiger partial charge in [0.05, 0.1) is 0 Å². The molecule has 1 heterocycles. The van der Waals surface area contributed by atoms with Crippen LogP contribution in [-0.2, 0) is 14.3 Å². The highest BCUT2D eigenvalue weighted by molar-refractivity contribution is 7.87. The Labute approximate surface area is 95.0 Å². The van der Waals surface area contributed by atoms with Crippen molar-refractivity contribution in [2.45, 2.75) is 24.9 Å². The third-order valence-electron chi connectivity index (χ3n) is 1.64. The summed E-state index contributed by atoms with van der Waals surface area (Å²) in [5, 5.41) is 0. The van der Waals surface area contributed by atoms with E-state index in [1.807, 2.05) is 0 Å². The second kappa shape index (κ2) is 4.34. The summed E-state index contributed by atoms with van der Waals surface area (Å²) in [7, 11) is -4.31. The molecule has 0 saturated carbocycles. The van der Waals surface area contributed by atoms with E-state index in [0.29, 0.717) is 9.75 Å². The van der Waals surface area contributed by atoms with Gasteiger partial charge >= 0.3 is 6.18 Å². The molecule has 8 heteroatoms. The summed E-state index contributed by atoms with van der Waals surface area (Å²) in [5.74, 6) is 0. The first-order valence-electron chi connectivity index (χ1n) is 4.15. The molecule has 3 nitrogen and oxygen atoms in total. The lowest BCUT2D eigenvalue weighted by Gasteiger charge is -2.07. The molecule has 0 aliphatic rings. The molecule has 1 aromatic heterocycles. The van der Waals surface area contributed by atoms with Crippen molar-refractivity contribution in [2.24, 2.45) is 0 Å². The van der Waals surface area contributed by atoms with Gasteiger partial charge in [0.2, 0.25) is 0 Å². The highest BCUT2D eigenvalue weighted by atomic mass is 32.2. The molecule has 0 fully saturated rings. The Balaban J connectivity index is 2.91. The Bertz CT molecular complexity index is 473. The van der Waals surface area contributed by atoms with Crippen molar-refractivity contribution < 1.29 is 25.8 Å². The van der Waals surface area contributed by atoms with Crippen molar-refractivity contribution >= 4 is 21.5 Å². The number of rotatable bonds is 3. The lowest BCUT2D eigenvalue weighted by atomic mass is 10.4. The second-order valence-electron chi connectivity index (χ2n) is 3.11. The molecule has 0 spiro atoms. The molecule has 0 radical (unpaired) electrons. The monoisotopic (exact) mass is 274 g/mol. The fourth-order valence-corrected chi connectivity index (χ4v) is 3.48. The van der Waals surface area contributed by atoms with E-state index in [1.165, 1.54) is 24.3 Å². The van der Waals surface area contributed by atoms with Gasteiger partial charge in [-0.05, 0) is 19.9 Å². The van der Waals surface area contributed by atoms with E-state index >= 15 is 0 Å². The van der Waals surface area contributed by atoms with Crippen LogP contribution < -0.4 is 0 Å². The van der Waals surface area contributed by atoms with Gasteiger partial charge in [-0.1, -0.05) is 0 Å². The van der Waals surface area contributed by atoms with Crippen LogP contribution in [0.25, 0.3) is 0 Å². The molecule has 0 atom stereocenters. The summed E-state index contributed by atoms with van der Waals surface area (Å²) < 4.78 is 62.2. The molecule has 92 valence electrons. The zero-order chi connectivity index (χ0) is 12.6. The molecule has 0 unspecified atom stereocenters. The molecule has 0 bridgehead atoms. The molecule has 16 heavy (non-hydrogen) atoms. The topological polar surface area (TPSA) is 43.4 Å². The van der Waals surface area contributed by atoms with Crippen molar-refractivity contribution in [1.82, 2.24) is 0 Å². The molecule has 0 saturated heterocycles. The maximum absolute atomic E-state index is 11.8. The molecule has 0 amide bonds. The van der Waals surface area contributed by atoms with E-state index < -0.39 is 22.9 Å². The van der Waals surface area contributed by atoms with Crippen LogP contribution in [0.1, 0.15) is 9.75 Å². The smallest absolute Gasteiger partial charge is 0.257 e. The number of aryl methyl sites for hydroxylation is 2. The van der Waals surface area contributed by atoms with Crippen LogP contribution in [0.4, 0.5) is 13.2 Å². The van der Waals surface area contributed by atoms with E-state index in [0.717, 1.165) is 0 Å². The van der Waals surface area contributed by atoms with E-state index in [1.54, 1.807) is 6.92 Å². The third-order valence-corrected chi connectivity index (χ3v) is 4.13. The van der Waals surface area contributed by atoms with Gasteiger partial charge in [-0.2, -0.15) is 21.6 Å². The first kappa shape index (κ1) is 13.5. The van der Waals surface area contributed by atoms with E-state index in [-0.39, 0.29) is 4.90 Å². The highest BCUT2D eigenvalue weighted by Gasteiger charge is 2.32. The SMILES string of the molecule is Cc1cc(S(=O)(=O)OCC(F)(F)F)c(C)s1. The molecular weight excluding hydrogens is 265 g/mol. The van der Waals surface area contributed by atoms with Gasteiger partial charge in [-0.25, -0.2) is 0 Å². The van der Waals surface area contributed by atoms with Gasteiger partial charge in [0.15, 0.2) is 6.61 Å². The van der Waals surface area contributed by atoms with Crippen LogP contribution in [0.5, 0.6) is 0 Å². The zero-order valence-corrected chi connectivity index (χ0v) is 10.1. The van der Waals surface area contributed by atoms with Gasteiger partial charge < -0.3 is 0 Å². The fraction of sp³-hybridized carbons (Fsp3) is 0.500. The van der Waals surface area contributed by atoms with Crippen LogP contribution in [-0.4, -0.2) is 21.2 Å². The Kier molecular flexibility index (Phi) is 3.65. The molecule has 0 aliphatic carbocycles. The zero-order valence-electron chi connectivity index (χ0n) is 8.46. The summed E-state index contributed by atoms with van der Waals surface area (Å²) in [6.45, 7) is 1.38. The third kappa shape index (κ3) is 3.46. The summed E-state index contributed by atoms with van der Waals surface area (Å²) in [6.07, 6.45) is -4.66. The largest absolute Gasteiger partial charge is 0.413 e. The average molecular weight is 274 g/mol. The predicted molar refractivity (Wildman–Crippen MR) is 53.0 cm³/mol. The van der Waals surface area contributed by atoms with E-state index in [9.17, 15) is 21.6 Å². The summed E-state index contributed by atoms with van der Waals surface area (Å²) in [5.41, 5.74) is 0. The van der Waals surface area contributed by atoms with Crippen LogP contribution in [0.2, 0.25) is 0 Å². The number of alkyl halides is 3. The van der Waals surface area contributed by atoms with Crippen molar-refractivity contribution in [1.29, 1.82) is 0 Å². The normalized spacial score (nSPS) is 13.1. The van der Waals surface area contributed by atoms with Crippen molar-refractivity contribution in [3.8, 4) is 0 Å². The van der Waals surface area contributed by atoms with Crippen LogP contribution in [0, 0.1) is 13.8 Å². The van der Waals surface area contributed by atoms with Gasteiger partial charge in [0.1, 0.15) is 4.90 Å². The Hall–Kier alpha value is -0.600. The molecule has 0 aromatic carbocycles. The predicted octanol–water partition coefficient (Wildman–Crippen LogP) is 2.63. The number of hydrogen-bond donors (Lipinski definition) is 0. The fourth-order valence-electron chi connectivity index (χ4n) is 1.06. The Morgan fingerprint density at radius 2 is 1.94 bits per heavy atom. The van der Waals surface area contributed by atoms with Crippen molar-refractivity contribution in [3.63, 3.8) is 0 Å². The molecule has 0 aliphatic heterocycles. The minimum absolute atomic E-state index is 0.195. The Morgan fingerprint density at radius 1 is 1.38 bits per heavy atom. The van der Waals surface area contributed by atoms with Crippen LogP contribution in [0.3, 0.4) is 0 Å². The van der Waals surface area contributed by atoms with Gasteiger partial charge in [0, 0.05) is 9.75 Å². The summed E-state index contributed by atoms with van der Waals surface area (Å²) >= 11 is 1.19. The number of halogens is 3. The maximum Gasteiger partial charge on any atom is 0.413 e. The molecule has 0 N–H and O–H groups in total. The first-order valence-corrected chi connectivity index (χ1v) is 6.37. The van der Waals surface area contributed by atoms with Crippen molar-refractivity contribution in [2.75, 3.05) is 6.61 Å². The lowest BCUT2D eigenvalue weighted by molar-refractivity contribution is -0.152. The van der Waals surface area contributed by atoms with Crippen LogP contribution in [0.15, 0.2) is 11.0 Å². The average Bonchev–Trinajstić information content (AvgIpc) is 2.42. The molecular formula is C8H9F3O3S2. The minimum atomic E-state index is -4.66. The first-order chi connectivity index (χ1) is 7.12. The molecule has 1 rings (SSSR count). The standard InChI is InChI=1S/C8H9F3O3S2/c1-5-3-7(6(2)15-5)16(12,13)14-4-8(9,10)11/h3H,4H2,1-2H3. The molecule has 1 aromatic rings. The Morgan fingerprint density at radius 3 is 2.31 bits per heavy atom. The van der Waals surface area contributed by atoms with Crippen LogP contribution >= 0.6 is 11.3 Å². The maximum atomic E-state index is 11.8.